The van der Waals surface area contributed by atoms with Gasteiger partial charge in [0.1, 0.15) is 0 Å². The molecule has 1 amide bonds. The second kappa shape index (κ2) is 7.45. The number of hydrogen-bond acceptors (Lipinski definition) is 3. The number of amides is 1. The maximum absolute atomic E-state index is 11.6. The number of hydrogen-bond donors (Lipinski definition) is 2. The van der Waals surface area contributed by atoms with Gasteiger partial charge in [0.05, 0.1) is 6.54 Å². The van der Waals surface area contributed by atoms with E-state index in [9.17, 15) is 4.79 Å². The highest BCUT2D eigenvalue weighted by Crippen LogP contribution is 2.10. The quantitative estimate of drug-likeness (QED) is 0.783. The van der Waals surface area contributed by atoms with E-state index in [1.807, 2.05) is 13.0 Å². The highest BCUT2D eigenvalue weighted by atomic mass is 32.1. The third-order valence-corrected chi connectivity index (χ3v) is 3.62. The highest BCUT2D eigenvalue weighted by Gasteiger charge is 2.09. The van der Waals surface area contributed by atoms with E-state index in [2.05, 4.69) is 35.9 Å². The van der Waals surface area contributed by atoms with Gasteiger partial charge < -0.3 is 10.6 Å². The van der Waals surface area contributed by atoms with Crippen LogP contribution in [-0.2, 0) is 11.2 Å². The van der Waals surface area contributed by atoms with Crippen molar-refractivity contribution in [1.29, 1.82) is 0 Å². The molecule has 4 heteroatoms. The van der Waals surface area contributed by atoms with Gasteiger partial charge in [-0.2, -0.15) is 0 Å². The molecule has 2 unspecified atom stereocenters. The Morgan fingerprint density at radius 2 is 2.18 bits per heavy atom. The molecule has 2 N–H and O–H groups in total. The van der Waals surface area contributed by atoms with Gasteiger partial charge in [0.15, 0.2) is 0 Å². The topological polar surface area (TPSA) is 41.1 Å². The van der Waals surface area contributed by atoms with Crippen molar-refractivity contribution in [3.8, 4) is 0 Å². The Bertz CT molecular complexity index is 324. The lowest BCUT2D eigenvalue weighted by molar-refractivity contribution is -0.120. The highest BCUT2D eigenvalue weighted by molar-refractivity contribution is 7.09. The summed E-state index contributed by atoms with van der Waals surface area (Å²) in [5.41, 5.74) is 0. The minimum atomic E-state index is 0.0781. The molecule has 0 aliphatic carbocycles. The van der Waals surface area contributed by atoms with Crippen LogP contribution in [0.15, 0.2) is 17.5 Å². The molecule has 0 bridgehead atoms. The second-order valence-corrected chi connectivity index (χ2v) is 5.47. The van der Waals surface area contributed by atoms with Crippen LogP contribution in [0.1, 0.15) is 32.1 Å². The van der Waals surface area contributed by atoms with Crippen molar-refractivity contribution in [2.45, 2.75) is 45.7 Å². The van der Waals surface area contributed by atoms with Gasteiger partial charge in [-0.15, -0.1) is 11.3 Å². The maximum atomic E-state index is 11.6. The molecule has 0 fully saturated rings. The fourth-order valence-corrected chi connectivity index (χ4v) is 2.35. The SMILES string of the molecule is CCC(C)NCC(=O)NC(C)Cc1cccs1. The van der Waals surface area contributed by atoms with Crippen molar-refractivity contribution >= 4 is 17.2 Å². The summed E-state index contributed by atoms with van der Waals surface area (Å²) in [5.74, 6) is 0.0781. The van der Waals surface area contributed by atoms with Crippen molar-refractivity contribution in [2.24, 2.45) is 0 Å². The van der Waals surface area contributed by atoms with Crippen LogP contribution in [0.25, 0.3) is 0 Å². The molecule has 17 heavy (non-hydrogen) atoms. The molecule has 1 rings (SSSR count). The lowest BCUT2D eigenvalue weighted by atomic mass is 10.2. The van der Waals surface area contributed by atoms with Gasteiger partial charge in [-0.1, -0.05) is 13.0 Å². The summed E-state index contributed by atoms with van der Waals surface area (Å²) in [4.78, 5) is 12.9. The van der Waals surface area contributed by atoms with Crippen molar-refractivity contribution < 1.29 is 4.79 Å². The number of carbonyl (C=O) groups is 1. The summed E-state index contributed by atoms with van der Waals surface area (Å²) in [6.07, 6.45) is 1.95. The summed E-state index contributed by atoms with van der Waals surface area (Å²) in [6, 6.07) is 4.73. The molecule has 96 valence electrons. The van der Waals surface area contributed by atoms with E-state index in [1.54, 1.807) is 11.3 Å². The average molecular weight is 254 g/mol. The van der Waals surface area contributed by atoms with Gasteiger partial charge >= 0.3 is 0 Å². The van der Waals surface area contributed by atoms with Crippen molar-refractivity contribution in [3.05, 3.63) is 22.4 Å². The van der Waals surface area contributed by atoms with E-state index in [0.29, 0.717) is 12.6 Å². The number of thiophene rings is 1. The van der Waals surface area contributed by atoms with Crippen LogP contribution in [-0.4, -0.2) is 24.5 Å². The van der Waals surface area contributed by atoms with Gasteiger partial charge in [-0.05, 0) is 31.7 Å². The smallest absolute Gasteiger partial charge is 0.234 e. The maximum Gasteiger partial charge on any atom is 0.234 e. The van der Waals surface area contributed by atoms with Crippen LogP contribution in [0.5, 0.6) is 0 Å². The molecule has 2 atom stereocenters. The molecule has 0 aromatic carbocycles. The first-order valence-electron chi connectivity index (χ1n) is 6.17. The van der Waals surface area contributed by atoms with E-state index in [0.717, 1.165) is 12.8 Å². The van der Waals surface area contributed by atoms with Crippen LogP contribution in [0.2, 0.25) is 0 Å². The predicted molar refractivity (Wildman–Crippen MR) is 73.4 cm³/mol. The zero-order chi connectivity index (χ0) is 12.7. The lowest BCUT2D eigenvalue weighted by Crippen LogP contribution is -2.42. The molecule has 0 radical (unpaired) electrons. The Morgan fingerprint density at radius 3 is 2.76 bits per heavy atom. The minimum Gasteiger partial charge on any atom is -0.352 e. The molecule has 0 spiro atoms. The number of nitrogens with one attached hydrogen (secondary N) is 2. The first-order chi connectivity index (χ1) is 8.11. The first-order valence-corrected chi connectivity index (χ1v) is 7.05. The molecule has 1 heterocycles. The third-order valence-electron chi connectivity index (χ3n) is 2.72. The molecule has 1 aromatic heterocycles. The molecule has 0 saturated heterocycles. The lowest BCUT2D eigenvalue weighted by Gasteiger charge is -2.15. The van der Waals surface area contributed by atoms with E-state index >= 15 is 0 Å². The zero-order valence-electron chi connectivity index (χ0n) is 10.8. The minimum absolute atomic E-state index is 0.0781. The van der Waals surface area contributed by atoms with E-state index in [4.69, 9.17) is 0 Å². The molecule has 1 aromatic rings. The van der Waals surface area contributed by atoms with Gasteiger partial charge in [-0.3, -0.25) is 4.79 Å². The predicted octanol–water partition coefficient (Wildman–Crippen LogP) is 2.18. The van der Waals surface area contributed by atoms with Crippen LogP contribution >= 0.6 is 11.3 Å². The van der Waals surface area contributed by atoms with Crippen LogP contribution in [0.4, 0.5) is 0 Å². The van der Waals surface area contributed by atoms with Crippen molar-refractivity contribution in [1.82, 2.24) is 10.6 Å². The number of rotatable bonds is 7. The van der Waals surface area contributed by atoms with Crippen LogP contribution in [0.3, 0.4) is 0 Å². The van der Waals surface area contributed by atoms with E-state index < -0.39 is 0 Å². The summed E-state index contributed by atoms with van der Waals surface area (Å²) in [6.45, 7) is 6.64. The zero-order valence-corrected chi connectivity index (χ0v) is 11.6. The monoisotopic (exact) mass is 254 g/mol. The number of carbonyl (C=O) groups excluding carboxylic acids is 1. The molecule has 0 aliphatic heterocycles. The van der Waals surface area contributed by atoms with Crippen molar-refractivity contribution in [2.75, 3.05) is 6.54 Å². The van der Waals surface area contributed by atoms with Crippen molar-refractivity contribution in [3.63, 3.8) is 0 Å². The molecule has 0 aliphatic rings. The van der Waals surface area contributed by atoms with E-state index in [1.165, 1.54) is 4.88 Å². The summed E-state index contributed by atoms with van der Waals surface area (Å²) < 4.78 is 0. The Kier molecular flexibility index (Phi) is 6.22. The summed E-state index contributed by atoms with van der Waals surface area (Å²) >= 11 is 1.73. The third kappa shape index (κ3) is 5.84. The fourth-order valence-electron chi connectivity index (χ4n) is 1.52. The first kappa shape index (κ1) is 14.2. The molecular formula is C13H22N2OS. The van der Waals surface area contributed by atoms with Crippen LogP contribution in [0, 0.1) is 0 Å². The Labute approximate surface area is 108 Å². The summed E-state index contributed by atoms with van der Waals surface area (Å²) in [5, 5.41) is 8.25. The molecule has 3 nitrogen and oxygen atoms in total. The summed E-state index contributed by atoms with van der Waals surface area (Å²) in [7, 11) is 0. The van der Waals surface area contributed by atoms with Gasteiger partial charge in [0.2, 0.25) is 5.91 Å². The van der Waals surface area contributed by atoms with Gasteiger partial charge in [-0.25, -0.2) is 0 Å². The van der Waals surface area contributed by atoms with E-state index in [-0.39, 0.29) is 11.9 Å². The Balaban J connectivity index is 2.21. The fraction of sp³-hybridized carbons (Fsp3) is 0.615. The Hall–Kier alpha value is -0.870. The largest absolute Gasteiger partial charge is 0.352 e. The molecular weight excluding hydrogens is 232 g/mol. The van der Waals surface area contributed by atoms with Crippen LogP contribution < -0.4 is 10.6 Å². The van der Waals surface area contributed by atoms with Gasteiger partial charge in [0, 0.05) is 23.4 Å². The normalized spacial score (nSPS) is 14.3. The average Bonchev–Trinajstić information content (AvgIpc) is 2.78. The Morgan fingerprint density at radius 1 is 1.41 bits per heavy atom. The standard InChI is InChI=1S/C13H22N2OS/c1-4-10(2)14-9-13(16)15-11(3)8-12-6-5-7-17-12/h5-7,10-11,14H,4,8-9H2,1-3H3,(H,15,16). The molecule has 0 saturated carbocycles. The second-order valence-electron chi connectivity index (χ2n) is 4.44. The van der Waals surface area contributed by atoms with Gasteiger partial charge in [0.25, 0.3) is 0 Å².